The molecule has 8 aromatic rings. The van der Waals surface area contributed by atoms with E-state index in [1.165, 1.54) is 19.3 Å². The lowest BCUT2D eigenvalue weighted by Gasteiger charge is -2.42. The molecule has 8 aromatic heterocycles. The Morgan fingerprint density at radius 2 is 0.701 bits per heavy atom. The first-order chi connectivity index (χ1) is 64.2. The lowest BCUT2D eigenvalue weighted by molar-refractivity contribution is 0.0972. The van der Waals surface area contributed by atoms with Crippen LogP contribution in [0.2, 0.25) is 20.1 Å². The third-order valence-electron chi connectivity index (χ3n) is 30.8. The number of ether oxygens (including phenoxy) is 3. The number of aromatic nitrogens is 12. The fourth-order valence-corrected chi connectivity index (χ4v) is 23.5. The molecule has 13 aliphatic rings. The highest BCUT2D eigenvalue weighted by Crippen LogP contribution is 2.50. The standard InChI is InChI=1S/C25H32ClN7O2.C24H32ClN7O.2C23H30ClN7O2/c1-14-21(27)25(13-35-14)6-9-33(10-7-25)24-31-17-12-29-20(18(17)23(34)32(24)2)16-5-8-28-22(19(16)26)30-11-15-3-4-15;1-14-11-17(26)24(12-14)6-9-32(10-7-24)23-29-16-13-28-20(18(16)22(33)31(23)4)15-5-8-27-21(19(15)25)30(2)3;1-13-19(25)23(12-33-13)6-9-31(10-7-23)22-28-15-11-27-18(16(15)21(32)30(22)4)14-5-8-26-20(17(14)24)29(2)3;1-4-26-20-17(24)14(5-8-27-20)18-16-15(11-28-18)29-22(30(3)21(16)32)31-9-6-23(7-10-31)12-33-13(2)19(23)25/h5,8,14-15,21H,3-4,6-7,9-13,27H2,1-2H3,(H,28,30);5,8,14,17H,6-7,9-13,26H2,1-4H3;5,8,13,19H,6-7,9-12,25H2,1-4H3;5,8,13,19H,4,6-7,9-12,25H2,1-3H3,(H,26,27)/t14-,21+;14-,17+;2*13-,19+/m0000/s1. The molecule has 35 nitrogen and oxygen atoms in total. The van der Waals surface area contributed by atoms with E-state index < -0.39 is 0 Å². The van der Waals surface area contributed by atoms with Crippen molar-refractivity contribution in [1.82, 2.24) is 58.1 Å². The minimum absolute atomic E-state index is 0.0179. The maximum absolute atomic E-state index is 13.6. The Morgan fingerprint density at radius 1 is 0.418 bits per heavy atom. The summed E-state index contributed by atoms with van der Waals surface area (Å²) in [6.07, 6.45) is 19.5. The number of rotatable bonds is 15. The van der Waals surface area contributed by atoms with E-state index in [2.05, 4.69) is 79.0 Å². The summed E-state index contributed by atoms with van der Waals surface area (Å²) in [5, 5.41) is 8.42. The van der Waals surface area contributed by atoms with E-state index in [0.717, 1.165) is 128 Å². The maximum Gasteiger partial charge on any atom is 0.264 e. The van der Waals surface area contributed by atoms with Gasteiger partial charge in [-0.15, -0.1) is 0 Å². The van der Waals surface area contributed by atoms with Gasteiger partial charge < -0.3 is 77.2 Å². The molecule has 9 fully saturated rings. The summed E-state index contributed by atoms with van der Waals surface area (Å²) in [5.74, 6) is 6.66. The number of anilines is 8. The highest BCUT2D eigenvalue weighted by atomic mass is 35.5. The van der Waals surface area contributed by atoms with Crippen LogP contribution in [0.15, 0.2) is 88.2 Å². The number of hydrogen-bond donors (Lipinski definition) is 6. The second-order valence-corrected chi connectivity index (χ2v) is 40.9. The van der Waals surface area contributed by atoms with Crippen molar-refractivity contribution >= 4 is 116 Å². The number of halogens is 4. The zero-order chi connectivity index (χ0) is 94.6. The van der Waals surface area contributed by atoms with Crippen molar-refractivity contribution in [3.8, 4) is 0 Å². The van der Waals surface area contributed by atoms with Gasteiger partial charge in [0.2, 0.25) is 23.8 Å². The fourth-order valence-electron chi connectivity index (χ4n) is 22.2. The second kappa shape index (κ2) is 37.5. The van der Waals surface area contributed by atoms with Crippen LogP contribution in [0.1, 0.15) is 179 Å². The van der Waals surface area contributed by atoms with Crippen LogP contribution in [0.5, 0.6) is 0 Å². The fraction of sp³-hybridized carbons (Fsp3) is 0.579. The summed E-state index contributed by atoms with van der Waals surface area (Å²) in [5.41, 5.74) is 35.9. The molecule has 0 radical (unpaired) electrons. The zero-order valence-corrected chi connectivity index (χ0v) is 81.9. The monoisotopic (exact) mass is 1910 g/mol. The largest absolute Gasteiger partial charge is 0.376 e. The summed E-state index contributed by atoms with van der Waals surface area (Å²) in [6, 6.07) is 7.65. The van der Waals surface area contributed by atoms with Crippen LogP contribution in [-0.4, -0.2) is 237 Å². The van der Waals surface area contributed by atoms with E-state index in [4.69, 9.17) is 108 Å². The number of nitrogens with one attached hydrogen (secondary N) is 2. The Morgan fingerprint density at radius 3 is 0.963 bits per heavy atom. The highest BCUT2D eigenvalue weighted by Gasteiger charge is 2.53. The lowest BCUT2D eigenvalue weighted by Crippen LogP contribution is -2.51. The average Bonchev–Trinajstić information content (AvgIpc) is 1.51. The molecule has 0 aromatic carbocycles. The van der Waals surface area contributed by atoms with Gasteiger partial charge >= 0.3 is 0 Å². The van der Waals surface area contributed by atoms with Gasteiger partial charge in [0.25, 0.3) is 22.2 Å². The Balaban J connectivity index is 0.000000119. The predicted octanol–water partition coefficient (Wildman–Crippen LogP) is 8.45. The number of nitrogens with zero attached hydrogens (tertiary/aromatic N) is 22. The van der Waals surface area contributed by atoms with Gasteiger partial charge in [-0.1, -0.05) is 53.3 Å². The van der Waals surface area contributed by atoms with Crippen LogP contribution in [0.25, 0.3) is 0 Å². The number of pyridine rings is 4. The molecule has 2 saturated carbocycles. The maximum atomic E-state index is 13.6. The van der Waals surface area contributed by atoms with E-state index in [0.29, 0.717) is 210 Å². The Bertz CT molecular complexity index is 6110. The van der Waals surface area contributed by atoms with Crippen molar-refractivity contribution in [2.24, 2.45) is 105 Å². The average molecular weight is 1910 g/mol. The quantitative estimate of drug-likeness (QED) is 0.0560. The van der Waals surface area contributed by atoms with Gasteiger partial charge in [-0.3, -0.25) is 57.4 Å². The molecule has 11 aliphatic heterocycles. The highest BCUT2D eigenvalue weighted by molar-refractivity contribution is 6.40. The van der Waals surface area contributed by atoms with E-state index in [9.17, 15) is 19.2 Å². The summed E-state index contributed by atoms with van der Waals surface area (Å²) in [7, 11) is 14.7. The number of aliphatic imine (C=N–C) groups is 4. The van der Waals surface area contributed by atoms with Crippen LogP contribution in [0, 0.1) is 33.5 Å². The van der Waals surface area contributed by atoms with Crippen LogP contribution in [0.4, 0.5) is 47.1 Å². The minimum atomic E-state index is -0.112. The van der Waals surface area contributed by atoms with Crippen molar-refractivity contribution in [3.63, 3.8) is 0 Å². The molecule has 0 unspecified atom stereocenters. The Kier molecular flexibility index (Phi) is 26.4. The molecule has 8 atom stereocenters. The molecule has 10 N–H and O–H groups in total. The van der Waals surface area contributed by atoms with Crippen molar-refractivity contribution in [2.75, 3.05) is 153 Å². The number of hydrogen-bond acceptors (Lipinski definition) is 31. The van der Waals surface area contributed by atoms with E-state index in [-0.39, 0.29) is 86.4 Å². The van der Waals surface area contributed by atoms with Gasteiger partial charge in [0.05, 0.1) is 152 Å². The molecule has 21 rings (SSSR count). The molecular weight excluding hydrogens is 1790 g/mol. The van der Waals surface area contributed by atoms with Crippen molar-refractivity contribution in [1.29, 1.82) is 0 Å². The minimum Gasteiger partial charge on any atom is -0.376 e. The molecule has 714 valence electrons. The van der Waals surface area contributed by atoms with E-state index in [1.807, 2.05) is 70.9 Å². The van der Waals surface area contributed by atoms with Gasteiger partial charge in [-0.2, -0.15) is 0 Å². The molecule has 39 heteroatoms. The normalized spacial score (nSPS) is 24.1. The van der Waals surface area contributed by atoms with E-state index >= 15 is 0 Å². The van der Waals surface area contributed by atoms with Gasteiger partial charge in [0, 0.05) is 209 Å². The van der Waals surface area contributed by atoms with Crippen molar-refractivity contribution < 1.29 is 14.2 Å². The molecule has 0 amide bonds. The molecule has 4 spiro atoms. The van der Waals surface area contributed by atoms with Crippen LogP contribution >= 0.6 is 46.4 Å². The van der Waals surface area contributed by atoms with Crippen molar-refractivity contribution in [2.45, 2.75) is 180 Å². The second-order valence-electron chi connectivity index (χ2n) is 39.4. The third-order valence-corrected chi connectivity index (χ3v) is 32.3. The molecule has 0 bridgehead atoms. The number of piperidine rings is 4. The van der Waals surface area contributed by atoms with Gasteiger partial charge in [-0.05, 0) is 146 Å². The first kappa shape index (κ1) is 94.4. The Hall–Kier alpha value is -9.92. The molecule has 19 heterocycles. The molecular formula is C95H124Cl4N28O7. The van der Waals surface area contributed by atoms with Gasteiger partial charge in [-0.25, -0.2) is 39.9 Å². The first-order valence-electron chi connectivity index (χ1n) is 47.1. The summed E-state index contributed by atoms with van der Waals surface area (Å²) in [4.78, 5) is 122. The SMILES string of the molecule is CCNc1nccc(C2=NCc3nc(N4CCC5(CC4)CO[C@@H](C)[C@H]5N)n(C)c(=O)c32)c1Cl.C[C@@H]1OCC2(CCN(c3nc4c(c(=O)n3C)C(c3ccnc(N(C)C)c3Cl)=NC4)CC2)[C@@H]1N.C[C@@H]1OCC2(CCN(c3nc4c(c(=O)n3C)C(c3ccnc(NCC5CC5)c3Cl)=NC4)CC2)[C@@H]1N.C[C@H]1C[C@@H](N)C2(CCN(c3nc4c(c(=O)n3C)C(c3ccnc(N(C)C)c3Cl)=NC4)CC2)C1. The summed E-state index contributed by atoms with van der Waals surface area (Å²) >= 11 is 26.6. The number of nitrogens with two attached hydrogens (primary N) is 4. The van der Waals surface area contributed by atoms with Crippen LogP contribution < -0.4 is 85.2 Å². The van der Waals surface area contributed by atoms with Gasteiger partial charge in [0.1, 0.15) is 23.3 Å². The smallest absolute Gasteiger partial charge is 0.264 e. The topological polar surface area (TPSA) is 416 Å². The number of fused-ring (bicyclic) bond motifs is 4. The summed E-state index contributed by atoms with van der Waals surface area (Å²) < 4.78 is 24.1. The van der Waals surface area contributed by atoms with Gasteiger partial charge in [0.15, 0.2) is 0 Å². The molecule has 2 aliphatic carbocycles. The Labute approximate surface area is 800 Å². The van der Waals surface area contributed by atoms with Crippen molar-refractivity contribution in [3.05, 3.63) is 178 Å². The first-order valence-corrected chi connectivity index (χ1v) is 48.6. The van der Waals surface area contributed by atoms with Crippen LogP contribution in [-0.2, 0) is 68.6 Å². The lowest BCUT2D eigenvalue weighted by atomic mass is 9.73. The third kappa shape index (κ3) is 17.0. The van der Waals surface area contributed by atoms with E-state index in [1.54, 1.807) is 83.4 Å². The van der Waals surface area contributed by atoms with Crippen LogP contribution in [0.3, 0.4) is 0 Å². The predicted molar refractivity (Wildman–Crippen MR) is 528 cm³/mol. The zero-order valence-electron chi connectivity index (χ0n) is 78.8. The molecule has 7 saturated heterocycles. The summed E-state index contributed by atoms with van der Waals surface area (Å²) in [6.45, 7) is 22.1. The molecule has 134 heavy (non-hydrogen) atoms.